The van der Waals surface area contributed by atoms with Crippen LogP contribution in [0.1, 0.15) is 17.7 Å². The maximum absolute atomic E-state index is 13.1. The van der Waals surface area contributed by atoms with Crippen LogP contribution in [0, 0.1) is 0 Å². The molecule has 0 amide bonds. The predicted octanol–water partition coefficient (Wildman–Crippen LogP) is 2.79. The van der Waals surface area contributed by atoms with Crippen molar-refractivity contribution in [2.24, 2.45) is 4.99 Å². The number of aliphatic imine (C=N–C) groups is 1. The molecule has 3 heterocycles. The van der Waals surface area contributed by atoms with Crippen LogP contribution in [-0.4, -0.2) is 43.5 Å². The summed E-state index contributed by atoms with van der Waals surface area (Å²) < 4.78 is 31.4. The Morgan fingerprint density at radius 1 is 1.43 bits per heavy atom. The number of alkyl halides is 2. The Morgan fingerprint density at radius 2 is 2.19 bits per heavy atom. The molecule has 7 heteroatoms. The molecule has 1 atom stereocenters. The molecule has 0 radical (unpaired) electrons. The Labute approximate surface area is 126 Å². The van der Waals surface area contributed by atoms with Crippen molar-refractivity contribution < 1.29 is 13.5 Å². The summed E-state index contributed by atoms with van der Waals surface area (Å²) in [7, 11) is 1.59. The molecule has 0 aromatic carbocycles. The number of thiophene rings is 1. The first kappa shape index (κ1) is 14.3. The molecule has 1 aromatic rings. The normalized spacial score (nSPS) is 22.1. The molecule has 0 saturated carbocycles. The number of nitrogens with zero attached hydrogens (tertiary/aromatic N) is 2. The highest BCUT2D eigenvalue weighted by Gasteiger charge is 2.28. The van der Waals surface area contributed by atoms with Crippen LogP contribution in [0.25, 0.3) is 5.70 Å². The third kappa shape index (κ3) is 3.02. The van der Waals surface area contributed by atoms with E-state index < -0.39 is 12.6 Å². The van der Waals surface area contributed by atoms with Gasteiger partial charge < -0.3 is 15.0 Å². The zero-order valence-corrected chi connectivity index (χ0v) is 12.5. The van der Waals surface area contributed by atoms with Crippen molar-refractivity contribution in [3.05, 3.63) is 22.4 Å². The van der Waals surface area contributed by atoms with E-state index in [0.717, 1.165) is 36.6 Å². The van der Waals surface area contributed by atoms with Gasteiger partial charge in [0.1, 0.15) is 11.6 Å². The number of hydrogen-bond acceptors (Lipinski definition) is 5. The van der Waals surface area contributed by atoms with Crippen LogP contribution in [0.2, 0.25) is 0 Å². The zero-order valence-electron chi connectivity index (χ0n) is 11.7. The lowest BCUT2D eigenvalue weighted by Gasteiger charge is -2.27. The number of methoxy groups -OCH3 is 1. The van der Waals surface area contributed by atoms with E-state index in [2.05, 4.69) is 15.2 Å². The molecular weight excluding hydrogens is 296 g/mol. The number of likely N-dealkylation sites (tertiary alicyclic amines) is 1. The fourth-order valence-electron chi connectivity index (χ4n) is 2.49. The Hall–Kier alpha value is -1.63. The smallest absolute Gasteiger partial charge is 0.278 e. The van der Waals surface area contributed by atoms with Gasteiger partial charge in [0.05, 0.1) is 17.7 Å². The van der Waals surface area contributed by atoms with E-state index in [1.165, 1.54) is 11.3 Å². The lowest BCUT2D eigenvalue weighted by Crippen LogP contribution is -2.40. The minimum absolute atomic E-state index is 0.652. The molecular formula is C14H17F2N3OS. The maximum atomic E-state index is 13.1. The van der Waals surface area contributed by atoms with E-state index >= 15 is 0 Å². The molecule has 1 N–H and O–H groups in total. The van der Waals surface area contributed by atoms with Gasteiger partial charge in [0.2, 0.25) is 0 Å². The number of ether oxygens (including phenoxy) is 1. The van der Waals surface area contributed by atoms with Crippen LogP contribution in [0.15, 0.2) is 22.5 Å². The van der Waals surface area contributed by atoms with Crippen LogP contribution in [-0.2, 0) is 0 Å². The van der Waals surface area contributed by atoms with E-state index in [0.29, 0.717) is 11.5 Å². The second-order valence-electron chi connectivity index (χ2n) is 5.01. The topological polar surface area (TPSA) is 36.9 Å². The largest absolute Gasteiger partial charge is 0.496 e. The van der Waals surface area contributed by atoms with Crippen LogP contribution in [0.5, 0.6) is 5.75 Å². The van der Waals surface area contributed by atoms with Crippen molar-refractivity contribution in [1.29, 1.82) is 0 Å². The second kappa shape index (κ2) is 6.01. The third-order valence-corrected chi connectivity index (χ3v) is 4.54. The SMILES string of the molecule is COc1csc(C2=CC(N3CCCC3)=NC(C(F)F)N2)c1. The Morgan fingerprint density at radius 3 is 2.81 bits per heavy atom. The van der Waals surface area contributed by atoms with Gasteiger partial charge in [-0.1, -0.05) is 0 Å². The van der Waals surface area contributed by atoms with Crippen molar-refractivity contribution >= 4 is 22.9 Å². The second-order valence-corrected chi connectivity index (χ2v) is 5.93. The first-order valence-electron chi connectivity index (χ1n) is 6.89. The first-order valence-corrected chi connectivity index (χ1v) is 7.77. The van der Waals surface area contributed by atoms with Gasteiger partial charge in [0, 0.05) is 30.6 Å². The van der Waals surface area contributed by atoms with E-state index in [-0.39, 0.29) is 0 Å². The lowest BCUT2D eigenvalue weighted by molar-refractivity contribution is 0.109. The summed E-state index contributed by atoms with van der Waals surface area (Å²) in [5.41, 5.74) is 0.686. The minimum atomic E-state index is -2.53. The van der Waals surface area contributed by atoms with Gasteiger partial charge in [-0.25, -0.2) is 13.8 Å². The van der Waals surface area contributed by atoms with Crippen LogP contribution in [0.3, 0.4) is 0 Å². The Bertz CT molecular complexity index is 564. The standard InChI is InChI=1S/C14H17F2N3OS/c1-20-9-6-11(21-8-9)10-7-12(19-4-2-3-5-19)18-14(17-10)13(15)16/h6-8,13-14,17H,2-5H2,1H3. The Balaban J connectivity index is 1.89. The van der Waals surface area contributed by atoms with Gasteiger partial charge in [-0.15, -0.1) is 11.3 Å². The average Bonchev–Trinajstić information content (AvgIpc) is 3.18. The van der Waals surface area contributed by atoms with E-state index in [9.17, 15) is 8.78 Å². The number of hydrogen-bond donors (Lipinski definition) is 1. The summed E-state index contributed by atoms with van der Waals surface area (Å²) in [4.78, 5) is 7.09. The quantitative estimate of drug-likeness (QED) is 0.932. The monoisotopic (exact) mass is 313 g/mol. The minimum Gasteiger partial charge on any atom is -0.496 e. The lowest BCUT2D eigenvalue weighted by atomic mass is 10.2. The van der Waals surface area contributed by atoms with Gasteiger partial charge in [0.15, 0.2) is 6.17 Å². The molecule has 1 unspecified atom stereocenters. The van der Waals surface area contributed by atoms with Crippen molar-refractivity contribution in [2.75, 3.05) is 20.2 Å². The molecule has 21 heavy (non-hydrogen) atoms. The van der Waals surface area contributed by atoms with Crippen LogP contribution >= 0.6 is 11.3 Å². The van der Waals surface area contributed by atoms with Crippen molar-refractivity contribution in [3.63, 3.8) is 0 Å². The van der Waals surface area contributed by atoms with E-state index in [4.69, 9.17) is 4.74 Å². The summed E-state index contributed by atoms with van der Waals surface area (Å²) in [6, 6.07) is 1.85. The van der Waals surface area contributed by atoms with Crippen LogP contribution in [0.4, 0.5) is 8.78 Å². The summed E-state index contributed by atoms with van der Waals surface area (Å²) >= 11 is 1.46. The van der Waals surface area contributed by atoms with E-state index in [1.54, 1.807) is 7.11 Å². The van der Waals surface area contributed by atoms with Crippen LogP contribution < -0.4 is 10.1 Å². The first-order chi connectivity index (χ1) is 10.2. The molecule has 1 fully saturated rings. The fraction of sp³-hybridized carbons (Fsp3) is 0.500. The number of halogens is 2. The highest BCUT2D eigenvalue weighted by atomic mass is 32.1. The average molecular weight is 313 g/mol. The molecule has 2 aliphatic heterocycles. The highest BCUT2D eigenvalue weighted by molar-refractivity contribution is 7.11. The zero-order chi connectivity index (χ0) is 14.8. The highest BCUT2D eigenvalue weighted by Crippen LogP contribution is 2.29. The van der Waals surface area contributed by atoms with Gasteiger partial charge in [-0.05, 0) is 12.8 Å². The van der Waals surface area contributed by atoms with Crippen molar-refractivity contribution in [1.82, 2.24) is 10.2 Å². The van der Waals surface area contributed by atoms with Crippen molar-refractivity contribution in [2.45, 2.75) is 25.4 Å². The number of nitrogens with one attached hydrogen (secondary N) is 1. The maximum Gasteiger partial charge on any atom is 0.278 e. The van der Waals surface area contributed by atoms with Gasteiger partial charge >= 0.3 is 0 Å². The Kier molecular flexibility index (Phi) is 4.10. The van der Waals surface area contributed by atoms with Crippen molar-refractivity contribution in [3.8, 4) is 5.75 Å². The van der Waals surface area contributed by atoms with Gasteiger partial charge in [-0.2, -0.15) is 0 Å². The number of rotatable bonds is 3. The molecule has 4 nitrogen and oxygen atoms in total. The molecule has 0 spiro atoms. The number of amidine groups is 1. The molecule has 0 aliphatic carbocycles. The molecule has 3 rings (SSSR count). The summed E-state index contributed by atoms with van der Waals surface area (Å²) in [6.07, 6.45) is 0.306. The van der Waals surface area contributed by atoms with E-state index in [1.807, 2.05) is 17.5 Å². The molecule has 2 aliphatic rings. The van der Waals surface area contributed by atoms with Gasteiger partial charge in [0.25, 0.3) is 6.43 Å². The predicted molar refractivity (Wildman–Crippen MR) is 80.0 cm³/mol. The molecule has 1 aromatic heterocycles. The third-order valence-electron chi connectivity index (χ3n) is 3.59. The summed E-state index contributed by atoms with van der Waals surface area (Å²) in [6.45, 7) is 1.76. The van der Waals surface area contributed by atoms with Gasteiger partial charge in [-0.3, -0.25) is 0 Å². The summed E-state index contributed by atoms with van der Waals surface area (Å²) in [5.74, 6) is 1.38. The fourth-order valence-corrected chi connectivity index (χ4v) is 3.33. The molecule has 0 bridgehead atoms. The molecule has 1 saturated heterocycles. The summed E-state index contributed by atoms with van der Waals surface area (Å²) in [5, 5.41) is 4.67. The molecule has 114 valence electrons.